The molecule has 0 radical (unpaired) electrons. The molecule has 11 heteroatoms. The molecule has 0 aromatic heterocycles. The van der Waals surface area contributed by atoms with E-state index in [-0.39, 0.29) is 23.3 Å². The molecule has 1 saturated carbocycles. The third-order valence-electron chi connectivity index (χ3n) is 6.94. The van der Waals surface area contributed by atoms with Gasteiger partial charge in [0.05, 0.1) is 10.8 Å². The first-order chi connectivity index (χ1) is 15.0. The molecule has 1 aromatic rings. The van der Waals surface area contributed by atoms with Crippen molar-refractivity contribution in [2.45, 2.75) is 30.9 Å². The van der Waals surface area contributed by atoms with Crippen LogP contribution in [0.15, 0.2) is 40.4 Å². The minimum Gasteiger partial charge on any atom is -0.508 e. The van der Waals surface area contributed by atoms with Crippen molar-refractivity contribution in [1.82, 2.24) is 5.01 Å². The fraction of sp³-hybridized carbons (Fsp3) is 0.381. The standard InChI is InChI=1S/C21H21N3O8/c1-7-8-4-3-5-11(25)12(8)16(26)13-9(7)6-10-15(24(2)23-32)17(27)14(20(22)30)19(29)21(10,31)18(13)28/h3-5,7,9-10,15,25-26,29,31H,6H2,1-2H3,(H2,22,30)/t7-,9+,10-,15-,21-/m0/s1. The molecule has 0 aliphatic heterocycles. The normalized spacial score (nSPS) is 31.6. The number of fused-ring (bicyclic) bond motifs is 3. The number of Topliss-reactive ketones (excluding diaryl/α,β-unsaturated/α-hetero) is 2. The van der Waals surface area contributed by atoms with E-state index in [4.69, 9.17) is 5.73 Å². The lowest BCUT2D eigenvalue weighted by atomic mass is 9.55. The van der Waals surface area contributed by atoms with E-state index in [2.05, 4.69) is 5.29 Å². The molecular formula is C21H21N3O8. The predicted molar refractivity (Wildman–Crippen MR) is 109 cm³/mol. The summed E-state index contributed by atoms with van der Waals surface area (Å²) < 4.78 is 0. The Bertz CT molecular complexity index is 1160. The Labute approximate surface area is 181 Å². The molecule has 1 amide bonds. The SMILES string of the molecule is C[C@H]1c2cccc(O)c2C(O)=C2C(=O)[C@]3(O)C(O)=C(C(N)=O)C(=O)[C@@H](N(C)N=O)[C@@H]3C[C@@H]21. The zero-order chi connectivity index (χ0) is 23.7. The third kappa shape index (κ3) is 2.48. The minimum absolute atomic E-state index is 0.0235. The number of carbonyl (C=O) groups excluding carboxylic acids is 3. The molecule has 6 N–H and O–H groups in total. The molecule has 0 heterocycles. The molecule has 0 bridgehead atoms. The summed E-state index contributed by atoms with van der Waals surface area (Å²) in [6, 6.07) is 3.02. The van der Waals surface area contributed by atoms with E-state index >= 15 is 0 Å². The Balaban J connectivity index is 2.02. The Kier molecular flexibility index (Phi) is 4.63. The van der Waals surface area contributed by atoms with Crippen molar-refractivity contribution in [3.05, 3.63) is 51.1 Å². The van der Waals surface area contributed by atoms with Crippen LogP contribution in [0.2, 0.25) is 0 Å². The highest BCUT2D eigenvalue weighted by atomic mass is 16.3. The first-order valence-corrected chi connectivity index (χ1v) is 9.84. The van der Waals surface area contributed by atoms with Crippen molar-refractivity contribution in [3.63, 3.8) is 0 Å². The lowest BCUT2D eigenvalue weighted by molar-refractivity contribution is -0.154. The summed E-state index contributed by atoms with van der Waals surface area (Å²) in [6.07, 6.45) is -0.121. The molecule has 0 saturated heterocycles. The molecule has 0 spiro atoms. The van der Waals surface area contributed by atoms with E-state index in [1.165, 1.54) is 6.07 Å². The van der Waals surface area contributed by atoms with Crippen molar-refractivity contribution in [2.75, 3.05) is 7.05 Å². The lowest BCUT2D eigenvalue weighted by Crippen LogP contribution is -2.65. The maximum Gasteiger partial charge on any atom is 0.255 e. The maximum atomic E-state index is 13.6. The van der Waals surface area contributed by atoms with Gasteiger partial charge in [-0.05, 0) is 29.9 Å². The van der Waals surface area contributed by atoms with E-state index < -0.39 is 64.0 Å². The molecule has 32 heavy (non-hydrogen) atoms. The lowest BCUT2D eigenvalue weighted by Gasteiger charge is -2.50. The van der Waals surface area contributed by atoms with Crippen molar-refractivity contribution < 1.29 is 34.8 Å². The molecule has 11 nitrogen and oxygen atoms in total. The number of benzene rings is 1. The number of ketones is 2. The van der Waals surface area contributed by atoms with E-state index in [9.17, 15) is 39.7 Å². The van der Waals surface area contributed by atoms with E-state index in [0.717, 1.165) is 7.05 Å². The predicted octanol–water partition coefficient (Wildman–Crippen LogP) is 0.577. The van der Waals surface area contributed by atoms with Crippen LogP contribution < -0.4 is 5.73 Å². The summed E-state index contributed by atoms with van der Waals surface area (Å²) in [5, 5.41) is 46.7. The van der Waals surface area contributed by atoms with Crippen molar-refractivity contribution in [2.24, 2.45) is 22.9 Å². The van der Waals surface area contributed by atoms with Crippen molar-refractivity contribution in [3.8, 4) is 5.75 Å². The van der Waals surface area contributed by atoms with Crippen LogP contribution in [0.4, 0.5) is 0 Å². The quantitative estimate of drug-likeness (QED) is 0.252. The van der Waals surface area contributed by atoms with Gasteiger partial charge in [0.25, 0.3) is 5.91 Å². The number of phenolic OH excluding ortho intramolecular Hbond substituents is 1. The van der Waals surface area contributed by atoms with Gasteiger partial charge >= 0.3 is 0 Å². The number of hydrogen-bond acceptors (Lipinski definition) is 9. The highest BCUT2D eigenvalue weighted by Gasteiger charge is 2.65. The number of aromatic hydroxyl groups is 1. The number of phenols is 1. The van der Waals surface area contributed by atoms with Gasteiger partial charge in [0.15, 0.2) is 11.4 Å². The number of carbonyl (C=O) groups is 3. The number of nitrogens with two attached hydrogens (primary N) is 1. The number of nitroso groups, excluding NO2 is 1. The maximum absolute atomic E-state index is 13.6. The summed E-state index contributed by atoms with van der Waals surface area (Å²) in [7, 11) is 1.14. The number of likely N-dealkylation sites (N-methyl/N-ethyl adjacent to an activating group) is 1. The van der Waals surface area contributed by atoms with Crippen LogP contribution in [0.1, 0.15) is 30.4 Å². The van der Waals surface area contributed by atoms with Crippen LogP contribution in [0.3, 0.4) is 0 Å². The molecule has 3 aliphatic rings. The number of nitrogens with zero attached hydrogens (tertiary/aromatic N) is 2. The molecule has 168 valence electrons. The number of hydrogen-bond donors (Lipinski definition) is 5. The number of amides is 1. The Morgan fingerprint density at radius 1 is 1.25 bits per heavy atom. The third-order valence-corrected chi connectivity index (χ3v) is 6.94. The molecule has 1 fully saturated rings. The van der Waals surface area contributed by atoms with Crippen LogP contribution in [-0.2, 0) is 14.4 Å². The Morgan fingerprint density at radius 2 is 1.91 bits per heavy atom. The van der Waals surface area contributed by atoms with Crippen LogP contribution in [0.25, 0.3) is 5.76 Å². The number of aliphatic hydroxyl groups is 3. The number of primary amides is 1. The first kappa shape index (κ1) is 21.5. The highest BCUT2D eigenvalue weighted by Crippen LogP contribution is 2.55. The van der Waals surface area contributed by atoms with Crippen LogP contribution in [0.5, 0.6) is 5.75 Å². The van der Waals surface area contributed by atoms with Gasteiger partial charge < -0.3 is 26.2 Å². The second-order valence-corrected chi connectivity index (χ2v) is 8.39. The van der Waals surface area contributed by atoms with Gasteiger partial charge in [-0.1, -0.05) is 19.1 Å². The van der Waals surface area contributed by atoms with Crippen LogP contribution in [0, 0.1) is 16.7 Å². The van der Waals surface area contributed by atoms with Crippen LogP contribution in [-0.4, -0.2) is 61.6 Å². The monoisotopic (exact) mass is 443 g/mol. The van der Waals surface area contributed by atoms with Gasteiger partial charge in [0.1, 0.15) is 28.9 Å². The molecule has 4 rings (SSSR count). The second-order valence-electron chi connectivity index (χ2n) is 8.39. The summed E-state index contributed by atoms with van der Waals surface area (Å²) in [5.74, 6) is -8.18. The Morgan fingerprint density at radius 3 is 2.50 bits per heavy atom. The van der Waals surface area contributed by atoms with Gasteiger partial charge in [-0.25, -0.2) is 0 Å². The van der Waals surface area contributed by atoms with Crippen molar-refractivity contribution >= 4 is 23.2 Å². The van der Waals surface area contributed by atoms with Gasteiger partial charge in [-0.15, -0.1) is 4.91 Å². The number of rotatable bonds is 3. The highest BCUT2D eigenvalue weighted by molar-refractivity contribution is 6.24. The van der Waals surface area contributed by atoms with Gasteiger partial charge in [0, 0.05) is 18.5 Å². The average molecular weight is 443 g/mol. The zero-order valence-corrected chi connectivity index (χ0v) is 17.1. The second kappa shape index (κ2) is 6.89. The molecule has 1 aromatic carbocycles. The molecular weight excluding hydrogens is 422 g/mol. The smallest absolute Gasteiger partial charge is 0.255 e. The zero-order valence-electron chi connectivity index (χ0n) is 17.1. The summed E-state index contributed by atoms with van der Waals surface area (Å²) >= 11 is 0. The summed E-state index contributed by atoms with van der Waals surface area (Å²) in [4.78, 5) is 49.7. The van der Waals surface area contributed by atoms with Gasteiger partial charge in [0.2, 0.25) is 5.78 Å². The first-order valence-electron chi connectivity index (χ1n) is 9.84. The van der Waals surface area contributed by atoms with Crippen molar-refractivity contribution in [1.29, 1.82) is 0 Å². The summed E-state index contributed by atoms with van der Waals surface area (Å²) in [6.45, 7) is 1.75. The van der Waals surface area contributed by atoms with Crippen LogP contribution >= 0.6 is 0 Å². The fourth-order valence-corrected chi connectivity index (χ4v) is 5.39. The van der Waals surface area contributed by atoms with E-state index in [1.54, 1.807) is 19.1 Å². The minimum atomic E-state index is -2.82. The largest absolute Gasteiger partial charge is 0.508 e. The fourth-order valence-electron chi connectivity index (χ4n) is 5.39. The molecule has 3 aliphatic carbocycles. The van der Waals surface area contributed by atoms with E-state index in [1.807, 2.05) is 0 Å². The number of aliphatic hydroxyl groups excluding tert-OH is 2. The van der Waals surface area contributed by atoms with E-state index in [0.29, 0.717) is 10.6 Å². The topological polar surface area (TPSA) is 191 Å². The van der Waals surface area contributed by atoms with Gasteiger partial charge in [-0.2, -0.15) is 0 Å². The molecule has 0 unspecified atom stereocenters. The Hall–Kier alpha value is -3.73. The van der Waals surface area contributed by atoms with Gasteiger partial charge in [-0.3, -0.25) is 19.4 Å². The summed E-state index contributed by atoms with van der Waals surface area (Å²) in [5.41, 5.74) is 1.71. The molecule has 5 atom stereocenters. The average Bonchev–Trinajstić information content (AvgIpc) is 2.73.